The van der Waals surface area contributed by atoms with Gasteiger partial charge in [-0.2, -0.15) is 0 Å². The van der Waals surface area contributed by atoms with Gasteiger partial charge in [-0.15, -0.1) is 0 Å². The molecule has 0 spiro atoms. The van der Waals surface area contributed by atoms with E-state index in [0.717, 1.165) is 18.4 Å². The van der Waals surface area contributed by atoms with Crippen LogP contribution >= 0.6 is 0 Å². The molecule has 0 aromatic carbocycles. The van der Waals surface area contributed by atoms with Crippen molar-refractivity contribution in [3.63, 3.8) is 0 Å². The van der Waals surface area contributed by atoms with Gasteiger partial charge in [-0.25, -0.2) is 0 Å². The standard InChI is InChI=1S/C17H30O2/c1-13(2)12-17(7,15(3,4)5)14(18)19-16(6)10-8-9-11-16/h12H,8-11H2,1-7H3. The Labute approximate surface area is 118 Å². The molecule has 0 aliphatic heterocycles. The average Bonchev–Trinajstić information content (AvgIpc) is 2.61. The second-order valence-corrected chi connectivity index (χ2v) is 7.72. The Morgan fingerprint density at radius 3 is 1.95 bits per heavy atom. The molecule has 19 heavy (non-hydrogen) atoms. The van der Waals surface area contributed by atoms with E-state index in [9.17, 15) is 4.79 Å². The highest BCUT2D eigenvalue weighted by Gasteiger charge is 2.46. The van der Waals surface area contributed by atoms with Crippen LogP contribution in [0.5, 0.6) is 0 Å². The quantitative estimate of drug-likeness (QED) is 0.537. The van der Waals surface area contributed by atoms with Crippen LogP contribution in [-0.4, -0.2) is 11.6 Å². The Morgan fingerprint density at radius 1 is 1.11 bits per heavy atom. The fourth-order valence-corrected chi connectivity index (χ4v) is 2.71. The van der Waals surface area contributed by atoms with E-state index in [-0.39, 0.29) is 17.0 Å². The molecule has 1 aliphatic rings. The largest absolute Gasteiger partial charge is 0.459 e. The number of allylic oxidation sites excluding steroid dienone is 1. The highest BCUT2D eigenvalue weighted by Crippen LogP contribution is 2.44. The van der Waals surface area contributed by atoms with Crippen molar-refractivity contribution in [2.24, 2.45) is 10.8 Å². The average molecular weight is 266 g/mol. The van der Waals surface area contributed by atoms with Gasteiger partial charge in [0.2, 0.25) is 0 Å². The number of rotatable bonds is 3. The van der Waals surface area contributed by atoms with E-state index in [0.29, 0.717) is 0 Å². The molecule has 0 bridgehead atoms. The minimum Gasteiger partial charge on any atom is -0.459 e. The molecule has 0 N–H and O–H groups in total. The van der Waals surface area contributed by atoms with Crippen LogP contribution < -0.4 is 0 Å². The highest BCUT2D eigenvalue weighted by molar-refractivity contribution is 5.80. The van der Waals surface area contributed by atoms with Gasteiger partial charge >= 0.3 is 5.97 Å². The number of esters is 1. The summed E-state index contributed by atoms with van der Waals surface area (Å²) in [5.74, 6) is -0.0781. The Kier molecular flexibility index (Phi) is 4.54. The summed E-state index contributed by atoms with van der Waals surface area (Å²) < 4.78 is 5.91. The molecule has 0 saturated heterocycles. The summed E-state index contributed by atoms with van der Waals surface area (Å²) in [6, 6.07) is 0. The molecule has 0 heterocycles. The van der Waals surface area contributed by atoms with E-state index in [4.69, 9.17) is 4.74 Å². The van der Waals surface area contributed by atoms with Gasteiger partial charge in [0.05, 0.1) is 5.41 Å². The Morgan fingerprint density at radius 2 is 1.58 bits per heavy atom. The number of carbonyl (C=O) groups is 1. The smallest absolute Gasteiger partial charge is 0.316 e. The lowest BCUT2D eigenvalue weighted by molar-refractivity contribution is -0.172. The monoisotopic (exact) mass is 266 g/mol. The van der Waals surface area contributed by atoms with Crippen molar-refractivity contribution in [1.29, 1.82) is 0 Å². The van der Waals surface area contributed by atoms with Gasteiger partial charge in [0, 0.05) is 0 Å². The van der Waals surface area contributed by atoms with Gasteiger partial charge in [-0.3, -0.25) is 4.79 Å². The molecule has 110 valence electrons. The van der Waals surface area contributed by atoms with Crippen LogP contribution in [0.1, 0.15) is 74.1 Å². The minimum absolute atomic E-state index is 0.0781. The zero-order chi connectivity index (χ0) is 14.9. The molecule has 1 saturated carbocycles. The molecule has 1 rings (SSSR count). The summed E-state index contributed by atoms with van der Waals surface area (Å²) in [6.45, 7) is 14.5. The fourth-order valence-electron chi connectivity index (χ4n) is 2.71. The van der Waals surface area contributed by atoms with Crippen molar-refractivity contribution in [2.45, 2.75) is 79.8 Å². The molecule has 0 aromatic rings. The van der Waals surface area contributed by atoms with Gasteiger partial charge in [0.1, 0.15) is 5.60 Å². The number of ether oxygens (including phenoxy) is 1. The van der Waals surface area contributed by atoms with Crippen molar-refractivity contribution in [2.75, 3.05) is 0 Å². The number of hydrogen-bond donors (Lipinski definition) is 0. The Hall–Kier alpha value is -0.790. The second-order valence-electron chi connectivity index (χ2n) is 7.72. The SMILES string of the molecule is CC(C)=CC(C)(C(=O)OC1(C)CCCC1)C(C)(C)C. The third-order valence-corrected chi connectivity index (χ3v) is 4.56. The first-order chi connectivity index (χ1) is 8.50. The maximum absolute atomic E-state index is 12.7. The maximum Gasteiger partial charge on any atom is 0.316 e. The molecule has 0 amide bonds. The van der Waals surface area contributed by atoms with Crippen LogP contribution in [0, 0.1) is 10.8 Å². The maximum atomic E-state index is 12.7. The zero-order valence-electron chi connectivity index (χ0n) is 13.7. The fraction of sp³-hybridized carbons (Fsp3) is 0.824. The summed E-state index contributed by atoms with van der Waals surface area (Å²) in [5, 5.41) is 0. The third-order valence-electron chi connectivity index (χ3n) is 4.56. The van der Waals surface area contributed by atoms with Gasteiger partial charge in [0.25, 0.3) is 0 Å². The zero-order valence-corrected chi connectivity index (χ0v) is 13.7. The van der Waals surface area contributed by atoms with Crippen LogP contribution in [-0.2, 0) is 9.53 Å². The van der Waals surface area contributed by atoms with Crippen LogP contribution in [0.4, 0.5) is 0 Å². The first-order valence-electron chi connectivity index (χ1n) is 7.40. The molecule has 2 nitrogen and oxygen atoms in total. The Balaban J connectivity index is 2.99. The van der Waals surface area contributed by atoms with Crippen molar-refractivity contribution >= 4 is 5.97 Å². The molecular weight excluding hydrogens is 236 g/mol. The van der Waals surface area contributed by atoms with E-state index in [1.54, 1.807) is 0 Å². The van der Waals surface area contributed by atoms with Crippen molar-refractivity contribution in [1.82, 2.24) is 0 Å². The minimum atomic E-state index is -0.572. The van der Waals surface area contributed by atoms with E-state index in [2.05, 4.69) is 33.8 Å². The molecule has 1 unspecified atom stereocenters. The molecule has 2 heteroatoms. The van der Waals surface area contributed by atoms with Crippen LogP contribution in [0.3, 0.4) is 0 Å². The molecule has 0 aromatic heterocycles. The molecular formula is C17H30O2. The van der Waals surface area contributed by atoms with Gasteiger partial charge < -0.3 is 4.74 Å². The molecule has 0 radical (unpaired) electrons. The third kappa shape index (κ3) is 3.61. The highest BCUT2D eigenvalue weighted by atomic mass is 16.6. The van der Waals surface area contributed by atoms with Crippen LogP contribution in [0.15, 0.2) is 11.6 Å². The predicted octanol–water partition coefficient (Wildman–Crippen LogP) is 4.88. The van der Waals surface area contributed by atoms with Gasteiger partial charge in [-0.1, -0.05) is 32.4 Å². The van der Waals surface area contributed by atoms with Crippen molar-refractivity contribution in [3.05, 3.63) is 11.6 Å². The molecule has 1 atom stereocenters. The number of hydrogen-bond acceptors (Lipinski definition) is 2. The van der Waals surface area contributed by atoms with Gasteiger partial charge in [-0.05, 0) is 58.8 Å². The summed E-state index contributed by atoms with van der Waals surface area (Å²) >= 11 is 0. The summed E-state index contributed by atoms with van der Waals surface area (Å²) in [7, 11) is 0. The lowest BCUT2D eigenvalue weighted by Gasteiger charge is -2.40. The molecule has 1 aliphatic carbocycles. The number of carbonyl (C=O) groups excluding carboxylic acids is 1. The first kappa shape index (κ1) is 16.3. The Bertz CT molecular complexity index is 363. The second kappa shape index (κ2) is 5.30. The van der Waals surface area contributed by atoms with Crippen LogP contribution in [0.2, 0.25) is 0 Å². The summed E-state index contributed by atoms with van der Waals surface area (Å²) in [5.41, 5.74) is 0.179. The van der Waals surface area contributed by atoms with Crippen LogP contribution in [0.25, 0.3) is 0 Å². The summed E-state index contributed by atoms with van der Waals surface area (Å²) in [6.07, 6.45) is 6.38. The summed E-state index contributed by atoms with van der Waals surface area (Å²) in [4.78, 5) is 12.7. The first-order valence-corrected chi connectivity index (χ1v) is 7.40. The van der Waals surface area contributed by atoms with Crippen molar-refractivity contribution in [3.8, 4) is 0 Å². The topological polar surface area (TPSA) is 26.3 Å². The van der Waals surface area contributed by atoms with E-state index >= 15 is 0 Å². The predicted molar refractivity (Wildman–Crippen MR) is 80.0 cm³/mol. The normalized spacial score (nSPS) is 21.6. The van der Waals surface area contributed by atoms with E-state index in [1.807, 2.05) is 20.8 Å². The lowest BCUT2D eigenvalue weighted by atomic mass is 9.67. The van der Waals surface area contributed by atoms with Gasteiger partial charge in [0.15, 0.2) is 0 Å². The molecule has 1 fully saturated rings. The lowest BCUT2D eigenvalue weighted by Crippen LogP contribution is -2.44. The van der Waals surface area contributed by atoms with E-state index in [1.165, 1.54) is 12.8 Å². The van der Waals surface area contributed by atoms with Crippen molar-refractivity contribution < 1.29 is 9.53 Å². The van der Waals surface area contributed by atoms with E-state index < -0.39 is 5.41 Å².